The molecule has 0 aliphatic rings. The summed E-state index contributed by atoms with van der Waals surface area (Å²) in [5.41, 5.74) is 2.00. The van der Waals surface area contributed by atoms with Gasteiger partial charge in [-0.05, 0) is 43.2 Å². The van der Waals surface area contributed by atoms with Crippen LogP contribution in [-0.2, 0) is 20.9 Å². The van der Waals surface area contributed by atoms with Crippen LogP contribution in [0.1, 0.15) is 35.0 Å². The number of carbonyl (C=O) groups excluding carboxylic acids is 3. The quantitative estimate of drug-likeness (QED) is 0.339. The highest BCUT2D eigenvalue weighted by Crippen LogP contribution is 2.14. The number of Topliss-reactive ketones (excluding diaryl/α,β-unsaturated/α-hetero) is 2. The maximum atomic E-state index is 13.0. The van der Waals surface area contributed by atoms with E-state index in [9.17, 15) is 18.8 Å². The van der Waals surface area contributed by atoms with Gasteiger partial charge in [0.05, 0.1) is 18.7 Å². The van der Waals surface area contributed by atoms with Crippen molar-refractivity contribution < 1.29 is 23.5 Å². The summed E-state index contributed by atoms with van der Waals surface area (Å²) in [5, 5.41) is 0. The molecule has 0 saturated carbocycles. The number of aryl methyl sites for hydroxylation is 1. The number of rotatable bonds is 7. The summed E-state index contributed by atoms with van der Waals surface area (Å²) in [4.78, 5) is 35.4. The minimum Gasteiger partial charge on any atom is -0.460 e. The molecule has 126 valence electrons. The Morgan fingerprint density at radius 1 is 1.17 bits per heavy atom. The standard InChI is InChI=1S/C18H18FNO4/c1-3-24-18(23)17(22)9-16(21)15-8-12(2)10-20(15)11-13-4-6-14(19)7-5-13/h4-8,10H,3,9,11H2,1-2H3. The van der Waals surface area contributed by atoms with E-state index in [-0.39, 0.29) is 12.4 Å². The summed E-state index contributed by atoms with van der Waals surface area (Å²) in [5.74, 6) is -2.66. The number of aromatic nitrogens is 1. The molecule has 0 bridgehead atoms. The number of nitrogens with zero attached hydrogens (tertiary/aromatic N) is 1. The van der Waals surface area contributed by atoms with Crippen molar-refractivity contribution in [3.8, 4) is 0 Å². The number of ketones is 2. The Balaban J connectivity index is 2.15. The van der Waals surface area contributed by atoms with Crippen LogP contribution in [0.25, 0.3) is 0 Å². The number of halogens is 1. The van der Waals surface area contributed by atoms with Crippen LogP contribution in [0.3, 0.4) is 0 Å². The lowest BCUT2D eigenvalue weighted by Gasteiger charge is -2.08. The fraction of sp³-hybridized carbons (Fsp3) is 0.278. The van der Waals surface area contributed by atoms with Crippen LogP contribution < -0.4 is 0 Å². The normalized spacial score (nSPS) is 10.5. The van der Waals surface area contributed by atoms with E-state index in [0.717, 1.165) is 11.1 Å². The molecular formula is C18H18FNO4. The van der Waals surface area contributed by atoms with E-state index >= 15 is 0 Å². The van der Waals surface area contributed by atoms with Crippen molar-refractivity contribution in [1.29, 1.82) is 0 Å². The van der Waals surface area contributed by atoms with Crippen LogP contribution in [-0.4, -0.2) is 28.7 Å². The van der Waals surface area contributed by atoms with Gasteiger partial charge in [-0.3, -0.25) is 9.59 Å². The van der Waals surface area contributed by atoms with Crippen LogP contribution in [0.4, 0.5) is 4.39 Å². The molecule has 2 aromatic rings. The lowest BCUT2D eigenvalue weighted by molar-refractivity contribution is -0.153. The first kappa shape index (κ1) is 17.6. The molecule has 2 rings (SSSR count). The minimum absolute atomic E-state index is 0.0822. The van der Waals surface area contributed by atoms with Gasteiger partial charge in [0.1, 0.15) is 5.82 Å². The monoisotopic (exact) mass is 331 g/mol. The molecule has 1 aromatic heterocycles. The molecule has 0 aliphatic heterocycles. The maximum absolute atomic E-state index is 13.0. The predicted octanol–water partition coefficient (Wildman–Crippen LogP) is 2.69. The molecule has 0 radical (unpaired) electrons. The molecule has 1 heterocycles. The minimum atomic E-state index is -1.00. The highest BCUT2D eigenvalue weighted by Gasteiger charge is 2.22. The Kier molecular flexibility index (Phi) is 5.63. The molecule has 5 nitrogen and oxygen atoms in total. The number of hydrogen-bond acceptors (Lipinski definition) is 4. The molecule has 0 N–H and O–H groups in total. The van der Waals surface area contributed by atoms with E-state index in [4.69, 9.17) is 0 Å². The summed E-state index contributed by atoms with van der Waals surface area (Å²) in [6.45, 7) is 3.86. The van der Waals surface area contributed by atoms with Gasteiger partial charge in [0.15, 0.2) is 5.78 Å². The molecule has 0 spiro atoms. The smallest absolute Gasteiger partial charge is 0.375 e. The third-order valence-electron chi connectivity index (χ3n) is 3.41. The van der Waals surface area contributed by atoms with Gasteiger partial charge in [-0.1, -0.05) is 12.1 Å². The third kappa shape index (κ3) is 4.38. The second-order valence-electron chi connectivity index (χ2n) is 5.40. The molecule has 0 atom stereocenters. The van der Waals surface area contributed by atoms with E-state index in [0.29, 0.717) is 12.2 Å². The van der Waals surface area contributed by atoms with Gasteiger partial charge in [-0.15, -0.1) is 0 Å². The Hall–Kier alpha value is -2.76. The van der Waals surface area contributed by atoms with Gasteiger partial charge in [0.2, 0.25) is 5.78 Å². The number of esters is 1. The average Bonchev–Trinajstić information content (AvgIpc) is 2.90. The number of carbonyl (C=O) groups is 3. The molecule has 24 heavy (non-hydrogen) atoms. The van der Waals surface area contributed by atoms with E-state index < -0.39 is 24.0 Å². The second kappa shape index (κ2) is 7.68. The van der Waals surface area contributed by atoms with Crippen molar-refractivity contribution in [3.63, 3.8) is 0 Å². The van der Waals surface area contributed by atoms with Crippen molar-refractivity contribution in [2.24, 2.45) is 0 Å². The van der Waals surface area contributed by atoms with Crippen molar-refractivity contribution in [2.45, 2.75) is 26.8 Å². The fourth-order valence-corrected chi connectivity index (χ4v) is 2.33. The van der Waals surface area contributed by atoms with E-state index in [2.05, 4.69) is 4.74 Å². The molecule has 1 aromatic carbocycles. The molecule has 0 amide bonds. The van der Waals surface area contributed by atoms with E-state index in [1.165, 1.54) is 12.1 Å². The van der Waals surface area contributed by atoms with Crippen molar-refractivity contribution >= 4 is 17.5 Å². The molecular weight excluding hydrogens is 313 g/mol. The zero-order valence-electron chi connectivity index (χ0n) is 13.5. The van der Waals surface area contributed by atoms with Gasteiger partial charge < -0.3 is 9.30 Å². The van der Waals surface area contributed by atoms with Crippen LogP contribution >= 0.6 is 0 Å². The van der Waals surface area contributed by atoms with Gasteiger partial charge in [0, 0.05) is 12.7 Å². The Morgan fingerprint density at radius 3 is 2.46 bits per heavy atom. The number of ether oxygens (including phenoxy) is 1. The van der Waals surface area contributed by atoms with Crippen LogP contribution in [0.2, 0.25) is 0 Å². The van der Waals surface area contributed by atoms with Crippen molar-refractivity contribution in [2.75, 3.05) is 6.61 Å². The summed E-state index contributed by atoms with van der Waals surface area (Å²) in [7, 11) is 0. The van der Waals surface area contributed by atoms with Crippen LogP contribution in [0.15, 0.2) is 36.5 Å². The third-order valence-corrected chi connectivity index (χ3v) is 3.41. The summed E-state index contributed by atoms with van der Waals surface area (Å²) in [6, 6.07) is 7.60. The molecule has 0 saturated heterocycles. The molecule has 0 fully saturated rings. The van der Waals surface area contributed by atoms with Gasteiger partial charge in [-0.2, -0.15) is 0 Å². The zero-order chi connectivity index (χ0) is 17.7. The second-order valence-corrected chi connectivity index (χ2v) is 5.40. The van der Waals surface area contributed by atoms with Gasteiger partial charge >= 0.3 is 5.97 Å². The lowest BCUT2D eigenvalue weighted by Crippen LogP contribution is -2.22. The Morgan fingerprint density at radius 2 is 1.83 bits per heavy atom. The summed E-state index contributed by atoms with van der Waals surface area (Å²) >= 11 is 0. The number of hydrogen-bond donors (Lipinski definition) is 0. The predicted molar refractivity (Wildman–Crippen MR) is 85.3 cm³/mol. The topological polar surface area (TPSA) is 65.4 Å². The number of benzene rings is 1. The highest BCUT2D eigenvalue weighted by molar-refractivity contribution is 6.38. The zero-order valence-corrected chi connectivity index (χ0v) is 13.5. The first-order valence-corrected chi connectivity index (χ1v) is 7.55. The fourth-order valence-electron chi connectivity index (χ4n) is 2.33. The molecule has 6 heteroatoms. The van der Waals surface area contributed by atoms with E-state index in [1.54, 1.807) is 35.9 Å². The largest absolute Gasteiger partial charge is 0.460 e. The first-order valence-electron chi connectivity index (χ1n) is 7.55. The molecule has 0 unspecified atom stereocenters. The van der Waals surface area contributed by atoms with Crippen LogP contribution in [0.5, 0.6) is 0 Å². The summed E-state index contributed by atoms with van der Waals surface area (Å²) in [6.07, 6.45) is 1.23. The van der Waals surface area contributed by atoms with Gasteiger partial charge in [-0.25, -0.2) is 9.18 Å². The Bertz CT molecular complexity index is 762. The average molecular weight is 331 g/mol. The lowest BCUT2D eigenvalue weighted by atomic mass is 10.1. The van der Waals surface area contributed by atoms with Crippen LogP contribution in [0, 0.1) is 12.7 Å². The van der Waals surface area contributed by atoms with E-state index in [1.807, 2.05) is 6.92 Å². The molecule has 0 aliphatic carbocycles. The summed E-state index contributed by atoms with van der Waals surface area (Å²) < 4.78 is 19.3. The van der Waals surface area contributed by atoms with Gasteiger partial charge in [0.25, 0.3) is 0 Å². The highest BCUT2D eigenvalue weighted by atomic mass is 19.1. The van der Waals surface area contributed by atoms with Crippen molar-refractivity contribution in [3.05, 3.63) is 59.2 Å². The van der Waals surface area contributed by atoms with Crippen molar-refractivity contribution in [1.82, 2.24) is 4.57 Å². The maximum Gasteiger partial charge on any atom is 0.375 e. The Labute approximate surface area is 139 Å². The first-order chi connectivity index (χ1) is 11.4. The SMILES string of the molecule is CCOC(=O)C(=O)CC(=O)c1cc(C)cn1Cc1ccc(F)cc1.